The number of amides is 1. The zero-order chi connectivity index (χ0) is 20.2. The number of rotatable bonds is 6. The highest BCUT2D eigenvalue weighted by atomic mass is 35.5. The van der Waals surface area contributed by atoms with Gasteiger partial charge in [0, 0.05) is 16.8 Å². The molecule has 152 valence electrons. The number of benzene rings is 1. The topological polar surface area (TPSA) is 73.0 Å². The molecule has 0 bridgehead atoms. The Morgan fingerprint density at radius 1 is 1.28 bits per heavy atom. The zero-order valence-corrected chi connectivity index (χ0v) is 17.8. The predicted molar refractivity (Wildman–Crippen MR) is 115 cm³/mol. The molecular formula is C21H23ClN4O2S. The molecule has 1 amide bonds. The monoisotopic (exact) mass is 430 g/mol. The molecule has 1 N–H and O–H groups in total. The summed E-state index contributed by atoms with van der Waals surface area (Å²) >= 11 is 7.44. The Hall–Kier alpha value is -2.25. The number of hydrogen-bond acceptors (Lipinski definition) is 5. The van der Waals surface area contributed by atoms with Gasteiger partial charge in [-0.25, -0.2) is 0 Å². The van der Waals surface area contributed by atoms with Crippen molar-refractivity contribution in [1.29, 1.82) is 0 Å². The summed E-state index contributed by atoms with van der Waals surface area (Å²) in [5.41, 5.74) is 1.70. The van der Waals surface area contributed by atoms with Crippen molar-refractivity contribution < 1.29 is 9.21 Å². The molecule has 1 saturated carbocycles. The van der Waals surface area contributed by atoms with E-state index in [4.69, 9.17) is 16.0 Å². The summed E-state index contributed by atoms with van der Waals surface area (Å²) in [7, 11) is 0. The van der Waals surface area contributed by atoms with E-state index in [1.54, 1.807) is 12.3 Å². The first kappa shape index (κ1) is 20.0. The molecular weight excluding hydrogens is 408 g/mol. The van der Waals surface area contributed by atoms with E-state index in [2.05, 4.69) is 20.1 Å². The second-order valence-corrected chi connectivity index (χ2v) is 8.62. The molecule has 0 saturated heterocycles. The number of anilines is 1. The van der Waals surface area contributed by atoms with Gasteiger partial charge in [-0.1, -0.05) is 48.7 Å². The molecule has 2 heterocycles. The lowest BCUT2D eigenvalue weighted by molar-refractivity contribution is -0.113. The van der Waals surface area contributed by atoms with Crippen LogP contribution in [0.3, 0.4) is 0 Å². The molecule has 0 spiro atoms. The molecule has 0 atom stereocenters. The summed E-state index contributed by atoms with van der Waals surface area (Å²) in [4.78, 5) is 12.5. The van der Waals surface area contributed by atoms with Gasteiger partial charge in [0.1, 0.15) is 0 Å². The summed E-state index contributed by atoms with van der Waals surface area (Å²) in [5, 5.41) is 13.0. The van der Waals surface area contributed by atoms with E-state index < -0.39 is 0 Å². The van der Waals surface area contributed by atoms with Crippen molar-refractivity contribution in [2.24, 2.45) is 0 Å². The fourth-order valence-electron chi connectivity index (χ4n) is 3.66. The summed E-state index contributed by atoms with van der Waals surface area (Å²) in [6.45, 7) is 1.94. The lowest BCUT2D eigenvalue weighted by Gasteiger charge is -2.25. The van der Waals surface area contributed by atoms with E-state index in [1.165, 1.54) is 31.0 Å². The Bertz CT molecular complexity index is 981. The van der Waals surface area contributed by atoms with Crippen molar-refractivity contribution in [3.63, 3.8) is 0 Å². The Kier molecular flexibility index (Phi) is 6.25. The fraction of sp³-hybridized carbons (Fsp3) is 0.381. The van der Waals surface area contributed by atoms with Gasteiger partial charge in [-0.05, 0) is 49.6 Å². The van der Waals surface area contributed by atoms with E-state index in [0.29, 0.717) is 16.8 Å². The molecule has 4 rings (SSSR count). The van der Waals surface area contributed by atoms with Crippen LogP contribution in [0.15, 0.2) is 46.2 Å². The van der Waals surface area contributed by atoms with Crippen LogP contribution in [0.4, 0.5) is 5.69 Å². The summed E-state index contributed by atoms with van der Waals surface area (Å²) < 4.78 is 7.72. The van der Waals surface area contributed by atoms with Gasteiger partial charge in [0.15, 0.2) is 10.9 Å². The number of furan rings is 1. The molecule has 1 aromatic carbocycles. The maximum absolute atomic E-state index is 12.5. The zero-order valence-electron chi connectivity index (χ0n) is 16.2. The SMILES string of the molecule is Cc1ccc(Cl)cc1NC(=O)CSc1nnc(-c2ccco2)n1C1CCCCC1. The van der Waals surface area contributed by atoms with Crippen LogP contribution in [0.1, 0.15) is 43.7 Å². The number of carbonyl (C=O) groups is 1. The van der Waals surface area contributed by atoms with Gasteiger partial charge >= 0.3 is 0 Å². The lowest BCUT2D eigenvalue weighted by atomic mass is 9.95. The largest absolute Gasteiger partial charge is 0.461 e. The quantitative estimate of drug-likeness (QED) is 0.505. The van der Waals surface area contributed by atoms with Gasteiger partial charge in [0.05, 0.1) is 12.0 Å². The number of aromatic nitrogens is 3. The van der Waals surface area contributed by atoms with Crippen molar-refractivity contribution in [1.82, 2.24) is 14.8 Å². The van der Waals surface area contributed by atoms with Gasteiger partial charge in [-0.2, -0.15) is 0 Å². The molecule has 8 heteroatoms. The first-order valence-corrected chi connectivity index (χ1v) is 11.2. The van der Waals surface area contributed by atoms with Crippen molar-refractivity contribution in [3.05, 3.63) is 47.2 Å². The molecule has 0 aliphatic heterocycles. The standard InChI is InChI=1S/C21H23ClN4O2S/c1-14-9-10-15(22)12-17(14)23-19(27)13-29-21-25-24-20(18-8-5-11-28-18)26(21)16-6-3-2-4-7-16/h5,8-12,16H,2-4,6-7,13H2,1H3,(H,23,27). The molecule has 1 fully saturated rings. The molecule has 1 aliphatic rings. The number of aryl methyl sites for hydroxylation is 1. The van der Waals surface area contributed by atoms with Crippen LogP contribution >= 0.6 is 23.4 Å². The molecule has 6 nitrogen and oxygen atoms in total. The van der Waals surface area contributed by atoms with Crippen molar-refractivity contribution >= 4 is 35.0 Å². The average Bonchev–Trinajstić information content (AvgIpc) is 3.39. The number of nitrogens with zero attached hydrogens (tertiary/aromatic N) is 3. The summed E-state index contributed by atoms with van der Waals surface area (Å²) in [6, 6.07) is 9.54. The highest BCUT2D eigenvalue weighted by molar-refractivity contribution is 7.99. The Balaban J connectivity index is 1.51. The Morgan fingerprint density at radius 3 is 2.86 bits per heavy atom. The highest BCUT2D eigenvalue weighted by Gasteiger charge is 2.25. The Labute approximate surface area is 179 Å². The summed E-state index contributed by atoms with van der Waals surface area (Å²) in [6.07, 6.45) is 7.47. The molecule has 1 aliphatic carbocycles. The third kappa shape index (κ3) is 4.67. The minimum atomic E-state index is -0.0990. The molecule has 0 radical (unpaired) electrons. The van der Waals surface area contributed by atoms with Gasteiger partial charge in [-0.3, -0.25) is 9.36 Å². The minimum Gasteiger partial charge on any atom is -0.461 e. The number of halogens is 1. The van der Waals surface area contributed by atoms with E-state index >= 15 is 0 Å². The first-order chi connectivity index (χ1) is 14.1. The maximum atomic E-state index is 12.5. The van der Waals surface area contributed by atoms with Crippen molar-refractivity contribution in [3.8, 4) is 11.6 Å². The molecule has 0 unspecified atom stereocenters. The van der Waals surface area contributed by atoms with E-state index in [1.807, 2.05) is 31.2 Å². The lowest BCUT2D eigenvalue weighted by Crippen LogP contribution is -2.17. The van der Waals surface area contributed by atoms with E-state index in [0.717, 1.165) is 35.1 Å². The van der Waals surface area contributed by atoms with Crippen LogP contribution in [0.5, 0.6) is 0 Å². The van der Waals surface area contributed by atoms with Crippen molar-refractivity contribution in [2.75, 3.05) is 11.1 Å². The maximum Gasteiger partial charge on any atom is 0.234 e. The number of hydrogen-bond donors (Lipinski definition) is 1. The van der Waals surface area contributed by atoms with Crippen LogP contribution in [0.25, 0.3) is 11.6 Å². The van der Waals surface area contributed by atoms with Crippen LogP contribution in [-0.4, -0.2) is 26.4 Å². The second-order valence-electron chi connectivity index (χ2n) is 7.24. The predicted octanol–water partition coefficient (Wildman–Crippen LogP) is 5.74. The third-order valence-electron chi connectivity index (χ3n) is 5.15. The molecule has 29 heavy (non-hydrogen) atoms. The van der Waals surface area contributed by atoms with Gasteiger partial charge in [0.25, 0.3) is 0 Å². The normalized spacial score (nSPS) is 14.8. The van der Waals surface area contributed by atoms with E-state index in [9.17, 15) is 4.79 Å². The van der Waals surface area contributed by atoms with Crippen LogP contribution in [0, 0.1) is 6.92 Å². The highest BCUT2D eigenvalue weighted by Crippen LogP contribution is 2.35. The van der Waals surface area contributed by atoms with Gasteiger partial charge in [0.2, 0.25) is 11.7 Å². The van der Waals surface area contributed by atoms with Crippen molar-refractivity contribution in [2.45, 2.75) is 50.2 Å². The average molecular weight is 431 g/mol. The smallest absolute Gasteiger partial charge is 0.234 e. The molecule has 3 aromatic rings. The fourth-order valence-corrected chi connectivity index (χ4v) is 4.64. The number of carbonyl (C=O) groups excluding carboxylic acids is 1. The summed E-state index contributed by atoms with van der Waals surface area (Å²) in [5.74, 6) is 1.58. The number of thioether (sulfide) groups is 1. The van der Waals surface area contributed by atoms with Crippen LogP contribution in [0.2, 0.25) is 5.02 Å². The van der Waals surface area contributed by atoms with E-state index in [-0.39, 0.29) is 11.7 Å². The van der Waals surface area contributed by atoms with Crippen LogP contribution < -0.4 is 5.32 Å². The molecule has 2 aromatic heterocycles. The van der Waals surface area contributed by atoms with Crippen LogP contribution in [-0.2, 0) is 4.79 Å². The minimum absolute atomic E-state index is 0.0990. The number of nitrogens with one attached hydrogen (secondary N) is 1. The third-order valence-corrected chi connectivity index (χ3v) is 6.33. The van der Waals surface area contributed by atoms with Gasteiger partial charge < -0.3 is 9.73 Å². The first-order valence-electron chi connectivity index (χ1n) is 9.79. The Morgan fingerprint density at radius 2 is 2.10 bits per heavy atom. The second kappa shape index (κ2) is 9.05. The van der Waals surface area contributed by atoms with Gasteiger partial charge in [-0.15, -0.1) is 10.2 Å².